The van der Waals surface area contributed by atoms with E-state index in [4.69, 9.17) is 9.57 Å². The van der Waals surface area contributed by atoms with Crippen LogP contribution in [0.3, 0.4) is 0 Å². The van der Waals surface area contributed by atoms with Crippen molar-refractivity contribution in [1.29, 1.82) is 0 Å². The van der Waals surface area contributed by atoms with Crippen molar-refractivity contribution < 1.29 is 29.1 Å². The molecule has 154 valence electrons. The molecule has 1 amide bonds. The zero-order chi connectivity index (χ0) is 21.2. The molecular formula is C21H24N2O6. The van der Waals surface area contributed by atoms with E-state index in [2.05, 4.69) is 10.5 Å². The quantitative estimate of drug-likeness (QED) is 0.356. The van der Waals surface area contributed by atoms with Crippen molar-refractivity contribution in [3.8, 4) is 0 Å². The monoisotopic (exact) mass is 400 g/mol. The third-order valence-corrected chi connectivity index (χ3v) is 4.58. The number of aromatic nitrogens is 1. The van der Waals surface area contributed by atoms with Crippen LogP contribution in [0.4, 0.5) is 0 Å². The third kappa shape index (κ3) is 3.94. The second-order valence-electron chi connectivity index (χ2n) is 7.18. The average molecular weight is 400 g/mol. The summed E-state index contributed by atoms with van der Waals surface area (Å²) in [4.78, 5) is 46.1. The van der Waals surface area contributed by atoms with Crippen molar-refractivity contribution in [3.63, 3.8) is 0 Å². The summed E-state index contributed by atoms with van der Waals surface area (Å²) in [7, 11) is 0. The number of hydrogen-bond donors (Lipinski definition) is 3. The molecule has 29 heavy (non-hydrogen) atoms. The van der Waals surface area contributed by atoms with Gasteiger partial charge in [0, 0.05) is 11.9 Å². The first-order valence-electron chi connectivity index (χ1n) is 9.55. The first kappa shape index (κ1) is 20.8. The summed E-state index contributed by atoms with van der Waals surface area (Å²) >= 11 is 0. The van der Waals surface area contributed by atoms with Gasteiger partial charge in [-0.25, -0.2) is 10.3 Å². The maximum atomic E-state index is 12.8. The van der Waals surface area contributed by atoms with Gasteiger partial charge in [0.1, 0.15) is 5.57 Å². The molecule has 3 N–H and O–H groups in total. The number of rotatable bonds is 8. The van der Waals surface area contributed by atoms with E-state index in [1.807, 2.05) is 25.1 Å². The van der Waals surface area contributed by atoms with E-state index >= 15 is 0 Å². The number of cyclic esters (lactones) is 1. The van der Waals surface area contributed by atoms with E-state index in [9.17, 15) is 19.5 Å². The molecule has 1 aromatic heterocycles. The van der Waals surface area contributed by atoms with Crippen LogP contribution < -0.4 is 5.48 Å². The van der Waals surface area contributed by atoms with Crippen LogP contribution in [-0.2, 0) is 24.0 Å². The molecule has 3 rings (SSSR count). The highest BCUT2D eigenvalue weighted by atomic mass is 16.7. The fourth-order valence-electron chi connectivity index (χ4n) is 3.16. The Morgan fingerprint density at radius 3 is 2.69 bits per heavy atom. The van der Waals surface area contributed by atoms with Gasteiger partial charge in [0.2, 0.25) is 5.78 Å². The maximum Gasteiger partial charge on any atom is 0.347 e. The van der Waals surface area contributed by atoms with Gasteiger partial charge in [0.05, 0.1) is 17.4 Å². The van der Waals surface area contributed by atoms with Crippen molar-refractivity contribution in [2.45, 2.75) is 51.9 Å². The molecule has 0 radical (unpaired) electrons. The highest BCUT2D eigenvalue weighted by molar-refractivity contribution is 6.27. The summed E-state index contributed by atoms with van der Waals surface area (Å²) in [6.07, 6.45) is 0.896. The Kier molecular flexibility index (Phi) is 5.86. The van der Waals surface area contributed by atoms with E-state index in [1.54, 1.807) is 26.0 Å². The topological polar surface area (TPSA) is 118 Å². The molecule has 0 bridgehead atoms. The van der Waals surface area contributed by atoms with E-state index in [-0.39, 0.29) is 23.8 Å². The summed E-state index contributed by atoms with van der Waals surface area (Å²) in [5.41, 5.74) is 2.47. The molecule has 8 heteroatoms. The van der Waals surface area contributed by atoms with Crippen LogP contribution in [0.5, 0.6) is 0 Å². The van der Waals surface area contributed by atoms with Gasteiger partial charge < -0.3 is 14.8 Å². The Morgan fingerprint density at radius 2 is 2.03 bits per heavy atom. The van der Waals surface area contributed by atoms with Crippen LogP contribution >= 0.6 is 0 Å². The Hall–Kier alpha value is -2.97. The first-order valence-corrected chi connectivity index (χ1v) is 9.55. The van der Waals surface area contributed by atoms with Crippen molar-refractivity contribution in [2.75, 3.05) is 0 Å². The lowest BCUT2D eigenvalue weighted by Gasteiger charge is -2.22. The molecule has 0 fully saturated rings. The van der Waals surface area contributed by atoms with Crippen LogP contribution in [0.25, 0.3) is 16.5 Å². The minimum Gasteiger partial charge on any atom is -0.417 e. The number of Topliss-reactive ketones (excluding diaryl/α,β-unsaturated/α-hetero) is 1. The number of esters is 1. The molecule has 1 aliphatic rings. The molecule has 0 spiro atoms. The number of H-pyrrole nitrogens is 1. The number of hydroxylamine groups is 1. The number of benzene rings is 1. The smallest absolute Gasteiger partial charge is 0.347 e. The predicted molar refractivity (Wildman–Crippen MR) is 105 cm³/mol. The van der Waals surface area contributed by atoms with Crippen molar-refractivity contribution >= 4 is 34.1 Å². The molecular weight excluding hydrogens is 376 g/mol. The number of carbonyl (C=O) groups excluding carboxylic acids is 3. The zero-order valence-corrected chi connectivity index (χ0v) is 16.6. The van der Waals surface area contributed by atoms with Crippen LogP contribution in [0.15, 0.2) is 35.9 Å². The van der Waals surface area contributed by atoms with E-state index in [0.717, 1.165) is 17.3 Å². The number of para-hydroxylation sites is 1. The van der Waals surface area contributed by atoms with Gasteiger partial charge in [-0.2, -0.15) is 0 Å². The number of ether oxygens (including phenoxy) is 1. The third-order valence-electron chi connectivity index (χ3n) is 4.58. The SMILES string of the molecule is CCCCC(=O)C1(O)OC(=O)C(C(=O)NOC(C)C)=C1c1cc2ccccc2[nH]1. The number of aliphatic hydroxyl groups is 1. The summed E-state index contributed by atoms with van der Waals surface area (Å²) < 4.78 is 5.07. The number of ketones is 1. The molecule has 2 aromatic rings. The fourth-order valence-corrected chi connectivity index (χ4v) is 3.16. The van der Waals surface area contributed by atoms with Gasteiger partial charge in [-0.1, -0.05) is 31.5 Å². The minimum absolute atomic E-state index is 0.00139. The van der Waals surface area contributed by atoms with Crippen molar-refractivity contribution in [3.05, 3.63) is 41.6 Å². The highest BCUT2D eigenvalue weighted by Gasteiger charge is 2.54. The molecule has 0 saturated carbocycles. The fraction of sp³-hybridized carbons (Fsp3) is 0.381. The summed E-state index contributed by atoms with van der Waals surface area (Å²) in [6.45, 7) is 5.30. The number of amides is 1. The Balaban J connectivity index is 2.14. The van der Waals surface area contributed by atoms with Gasteiger partial charge in [0.15, 0.2) is 0 Å². The highest BCUT2D eigenvalue weighted by Crippen LogP contribution is 2.40. The second kappa shape index (κ2) is 8.18. The molecule has 1 aliphatic heterocycles. The number of carbonyl (C=O) groups is 3. The summed E-state index contributed by atoms with van der Waals surface area (Å²) in [5.74, 6) is -5.21. The Bertz CT molecular complexity index is 957. The molecule has 1 aromatic carbocycles. The van der Waals surface area contributed by atoms with E-state index < -0.39 is 29.0 Å². The van der Waals surface area contributed by atoms with E-state index in [0.29, 0.717) is 6.42 Å². The lowest BCUT2D eigenvalue weighted by Crippen LogP contribution is -2.40. The van der Waals surface area contributed by atoms with Crippen molar-refractivity contribution in [2.24, 2.45) is 0 Å². The molecule has 0 aliphatic carbocycles. The number of fused-ring (bicyclic) bond motifs is 1. The predicted octanol–water partition coefficient (Wildman–Crippen LogP) is 2.38. The minimum atomic E-state index is -2.54. The van der Waals surface area contributed by atoms with Crippen LogP contribution in [-0.4, -0.2) is 39.6 Å². The van der Waals surface area contributed by atoms with Crippen LogP contribution in [0.1, 0.15) is 45.7 Å². The van der Waals surface area contributed by atoms with Gasteiger partial charge in [-0.05, 0) is 37.8 Å². The second-order valence-corrected chi connectivity index (χ2v) is 7.18. The summed E-state index contributed by atoms with van der Waals surface area (Å²) in [5, 5.41) is 11.9. The van der Waals surface area contributed by atoms with Crippen molar-refractivity contribution in [1.82, 2.24) is 10.5 Å². The number of aromatic amines is 1. The normalized spacial score (nSPS) is 19.1. The molecule has 1 atom stereocenters. The number of nitrogens with one attached hydrogen (secondary N) is 2. The largest absolute Gasteiger partial charge is 0.417 e. The summed E-state index contributed by atoms with van der Waals surface area (Å²) in [6, 6.07) is 8.92. The van der Waals surface area contributed by atoms with Crippen LogP contribution in [0, 0.1) is 0 Å². The average Bonchev–Trinajstić information content (AvgIpc) is 3.22. The van der Waals surface area contributed by atoms with E-state index in [1.165, 1.54) is 0 Å². The number of hydrogen-bond acceptors (Lipinski definition) is 6. The van der Waals surface area contributed by atoms with Gasteiger partial charge in [0.25, 0.3) is 5.91 Å². The Morgan fingerprint density at radius 1 is 1.31 bits per heavy atom. The van der Waals surface area contributed by atoms with Gasteiger partial charge in [-0.3, -0.25) is 14.4 Å². The maximum absolute atomic E-state index is 12.8. The first-order chi connectivity index (χ1) is 13.8. The number of unbranched alkanes of at least 4 members (excludes halogenated alkanes) is 1. The Labute approximate surface area is 167 Å². The lowest BCUT2D eigenvalue weighted by molar-refractivity contribution is -0.184. The van der Waals surface area contributed by atoms with Gasteiger partial charge >= 0.3 is 11.8 Å². The lowest BCUT2D eigenvalue weighted by atomic mass is 9.93. The van der Waals surface area contributed by atoms with Crippen LogP contribution in [0.2, 0.25) is 0 Å². The zero-order valence-electron chi connectivity index (χ0n) is 16.6. The molecule has 1 unspecified atom stereocenters. The molecule has 8 nitrogen and oxygen atoms in total. The molecule has 0 saturated heterocycles. The standard InChI is InChI=1S/C21H24N2O6/c1-4-5-10-16(24)21(27)18(15-11-13-8-6-7-9-14(13)22-15)17(20(26)28-21)19(25)23-29-12(2)3/h6-9,11-12,22,27H,4-5,10H2,1-3H3,(H,23,25). The molecule has 2 heterocycles. The van der Waals surface area contributed by atoms with Gasteiger partial charge in [-0.15, -0.1) is 0 Å².